The maximum atomic E-state index is 3.62. The van der Waals surface area contributed by atoms with Gasteiger partial charge in [0.15, 0.2) is 0 Å². The van der Waals surface area contributed by atoms with E-state index in [1.165, 1.54) is 28.1 Å². The molecule has 2 aromatic rings. The quantitative estimate of drug-likeness (QED) is 0.677. The second-order valence-electron chi connectivity index (χ2n) is 7.35. The molecule has 2 rings (SSSR count). The zero-order valence-electron chi connectivity index (χ0n) is 15.6. The summed E-state index contributed by atoms with van der Waals surface area (Å²) in [5.74, 6) is 0. The van der Waals surface area contributed by atoms with Crippen molar-refractivity contribution in [1.29, 1.82) is 0 Å². The van der Waals surface area contributed by atoms with Crippen LogP contribution in [0.25, 0.3) is 0 Å². The van der Waals surface area contributed by atoms with E-state index in [1.54, 1.807) is 5.19 Å². The van der Waals surface area contributed by atoms with Gasteiger partial charge in [0.2, 0.25) is 0 Å². The molecule has 1 radical (unpaired) electrons. The summed E-state index contributed by atoms with van der Waals surface area (Å²) in [4.78, 5) is 0. The SMILES string of the molecule is Cc1cc(C)cc(Nc2cc(C)cc([Si](C(C)C)C(C)C)c2)c1. The molecule has 2 aromatic carbocycles. The lowest BCUT2D eigenvalue weighted by Crippen LogP contribution is -2.36. The first-order valence-electron chi connectivity index (χ1n) is 8.60. The summed E-state index contributed by atoms with van der Waals surface area (Å²) >= 11 is 0. The van der Waals surface area contributed by atoms with Crippen molar-refractivity contribution in [2.24, 2.45) is 0 Å². The summed E-state index contributed by atoms with van der Waals surface area (Å²) in [7, 11) is -0.548. The molecule has 0 aromatic heterocycles. The Hall–Kier alpha value is -1.54. The van der Waals surface area contributed by atoms with Crippen molar-refractivity contribution in [2.45, 2.75) is 59.5 Å². The van der Waals surface area contributed by atoms with Crippen LogP contribution in [0.3, 0.4) is 0 Å². The maximum Gasteiger partial charge on any atom is 0.0911 e. The first-order valence-corrected chi connectivity index (χ1v) is 10.3. The molecule has 0 unspecified atom stereocenters. The van der Waals surface area contributed by atoms with E-state index in [0.717, 1.165) is 11.1 Å². The predicted octanol–water partition coefficient (Wildman–Crippen LogP) is 5.88. The Morgan fingerprint density at radius 2 is 1.09 bits per heavy atom. The molecule has 0 spiro atoms. The van der Waals surface area contributed by atoms with Gasteiger partial charge in [-0.1, -0.05) is 45.0 Å². The van der Waals surface area contributed by atoms with Crippen molar-refractivity contribution >= 4 is 25.4 Å². The minimum Gasteiger partial charge on any atom is -0.356 e. The van der Waals surface area contributed by atoms with Gasteiger partial charge in [0.1, 0.15) is 0 Å². The largest absolute Gasteiger partial charge is 0.356 e. The van der Waals surface area contributed by atoms with Gasteiger partial charge in [-0.15, -0.1) is 0 Å². The molecule has 0 saturated heterocycles. The van der Waals surface area contributed by atoms with E-state index in [2.05, 4.69) is 90.2 Å². The molecule has 1 nitrogen and oxygen atoms in total. The summed E-state index contributed by atoms with van der Waals surface area (Å²) in [6.07, 6.45) is 0. The van der Waals surface area contributed by atoms with Crippen LogP contribution in [0.5, 0.6) is 0 Å². The van der Waals surface area contributed by atoms with Crippen LogP contribution in [0.4, 0.5) is 11.4 Å². The standard InChI is InChI=1S/C21H30NSi/c1-14(2)23(15(3)4)21-12-18(7)11-20(13-21)22-19-9-16(5)8-17(6)10-19/h8-15,22H,1-7H3. The first-order chi connectivity index (χ1) is 10.8. The van der Waals surface area contributed by atoms with E-state index in [4.69, 9.17) is 0 Å². The van der Waals surface area contributed by atoms with Gasteiger partial charge in [0.05, 0.1) is 8.80 Å². The lowest BCUT2D eigenvalue weighted by atomic mass is 10.1. The summed E-state index contributed by atoms with van der Waals surface area (Å²) in [5, 5.41) is 5.16. The van der Waals surface area contributed by atoms with Gasteiger partial charge in [-0.25, -0.2) is 0 Å². The second-order valence-corrected chi connectivity index (χ2v) is 11.2. The van der Waals surface area contributed by atoms with Crippen LogP contribution in [-0.4, -0.2) is 8.80 Å². The molecule has 23 heavy (non-hydrogen) atoms. The van der Waals surface area contributed by atoms with Crippen LogP contribution < -0.4 is 10.5 Å². The van der Waals surface area contributed by atoms with E-state index in [9.17, 15) is 0 Å². The van der Waals surface area contributed by atoms with Crippen LogP contribution >= 0.6 is 0 Å². The summed E-state index contributed by atoms with van der Waals surface area (Å²) in [6, 6.07) is 13.7. The van der Waals surface area contributed by atoms with Crippen molar-refractivity contribution < 1.29 is 0 Å². The third kappa shape index (κ3) is 4.71. The summed E-state index contributed by atoms with van der Waals surface area (Å²) in [6.45, 7) is 16.0. The Balaban J connectivity index is 2.36. The van der Waals surface area contributed by atoms with Crippen LogP contribution in [0.1, 0.15) is 44.4 Å². The molecule has 2 heteroatoms. The lowest BCUT2D eigenvalue weighted by Gasteiger charge is -2.24. The number of aryl methyl sites for hydroxylation is 3. The Bertz CT molecular complexity index is 645. The normalized spacial score (nSPS) is 11.6. The molecule has 0 aliphatic carbocycles. The fraction of sp³-hybridized carbons (Fsp3) is 0.429. The number of hydrogen-bond acceptors (Lipinski definition) is 1. The van der Waals surface area contributed by atoms with Crippen molar-refractivity contribution in [2.75, 3.05) is 5.32 Å². The van der Waals surface area contributed by atoms with Gasteiger partial charge < -0.3 is 5.32 Å². The molecule has 0 aliphatic heterocycles. The molecule has 0 aliphatic rings. The first kappa shape index (κ1) is 17.8. The van der Waals surface area contributed by atoms with Crippen LogP contribution in [0, 0.1) is 20.8 Å². The molecule has 123 valence electrons. The van der Waals surface area contributed by atoms with Gasteiger partial charge in [0, 0.05) is 11.4 Å². The molecule has 0 amide bonds. The minimum absolute atomic E-state index is 0.548. The average molecular weight is 325 g/mol. The smallest absolute Gasteiger partial charge is 0.0911 e. The Labute approximate surface area is 143 Å². The number of anilines is 2. The molecule has 1 N–H and O–H groups in total. The number of nitrogens with one attached hydrogen (secondary N) is 1. The van der Waals surface area contributed by atoms with E-state index in [1.807, 2.05) is 0 Å². The van der Waals surface area contributed by atoms with Crippen LogP contribution in [0.2, 0.25) is 11.1 Å². The average Bonchev–Trinajstić information content (AvgIpc) is 2.35. The van der Waals surface area contributed by atoms with Gasteiger partial charge in [0.25, 0.3) is 0 Å². The van der Waals surface area contributed by atoms with Gasteiger partial charge in [-0.2, -0.15) is 0 Å². The second kappa shape index (κ2) is 7.35. The highest BCUT2D eigenvalue weighted by molar-refractivity contribution is 6.75. The van der Waals surface area contributed by atoms with Crippen molar-refractivity contribution in [3.05, 3.63) is 53.1 Å². The third-order valence-electron chi connectivity index (χ3n) is 4.17. The monoisotopic (exact) mass is 324 g/mol. The number of rotatable bonds is 5. The Kier molecular flexibility index (Phi) is 5.69. The summed E-state index contributed by atoms with van der Waals surface area (Å²) < 4.78 is 0. The minimum atomic E-state index is -0.548. The fourth-order valence-electron chi connectivity index (χ4n) is 3.57. The van der Waals surface area contributed by atoms with E-state index < -0.39 is 8.80 Å². The topological polar surface area (TPSA) is 12.0 Å². The molecular formula is C21H30NSi. The lowest BCUT2D eigenvalue weighted by molar-refractivity contribution is 0.951. The highest BCUT2D eigenvalue weighted by Crippen LogP contribution is 2.24. The molecule has 0 saturated carbocycles. The number of hydrogen-bond donors (Lipinski definition) is 1. The Morgan fingerprint density at radius 3 is 1.57 bits per heavy atom. The zero-order valence-corrected chi connectivity index (χ0v) is 16.6. The van der Waals surface area contributed by atoms with Crippen molar-refractivity contribution in [3.8, 4) is 0 Å². The molecule has 0 bridgehead atoms. The van der Waals surface area contributed by atoms with Crippen molar-refractivity contribution in [3.63, 3.8) is 0 Å². The third-order valence-corrected chi connectivity index (χ3v) is 7.61. The predicted molar refractivity (Wildman–Crippen MR) is 106 cm³/mol. The fourth-order valence-corrected chi connectivity index (χ4v) is 6.95. The molecular weight excluding hydrogens is 294 g/mol. The van der Waals surface area contributed by atoms with Crippen LogP contribution in [-0.2, 0) is 0 Å². The molecule has 0 atom stereocenters. The van der Waals surface area contributed by atoms with Gasteiger partial charge in [-0.05, 0) is 72.8 Å². The Morgan fingerprint density at radius 1 is 0.652 bits per heavy atom. The zero-order chi connectivity index (χ0) is 17.1. The van der Waals surface area contributed by atoms with Gasteiger partial charge in [-0.3, -0.25) is 0 Å². The summed E-state index contributed by atoms with van der Waals surface area (Å²) in [5.41, 5.74) is 7.84. The molecule has 0 fully saturated rings. The highest BCUT2D eigenvalue weighted by Gasteiger charge is 2.22. The number of benzene rings is 2. The van der Waals surface area contributed by atoms with E-state index in [0.29, 0.717) is 0 Å². The molecule has 0 heterocycles. The van der Waals surface area contributed by atoms with Gasteiger partial charge >= 0.3 is 0 Å². The maximum absolute atomic E-state index is 3.62. The van der Waals surface area contributed by atoms with Crippen molar-refractivity contribution in [1.82, 2.24) is 0 Å². The van der Waals surface area contributed by atoms with Crippen LogP contribution in [0.15, 0.2) is 36.4 Å². The highest BCUT2D eigenvalue weighted by atomic mass is 28.3. The van der Waals surface area contributed by atoms with E-state index in [-0.39, 0.29) is 0 Å². The van der Waals surface area contributed by atoms with E-state index >= 15 is 0 Å².